The standard InChI is InChI=1S/C18H30N2/c1-13(2)15-11-10-14(3)12-17(15)19-16-8-6-7-9-18(16)20(4)5/h6-9,13-15,17,19H,10-12H2,1-5H3. The Hall–Kier alpha value is -1.18. The summed E-state index contributed by atoms with van der Waals surface area (Å²) in [5.74, 6) is 2.39. The molecule has 0 aromatic heterocycles. The van der Waals surface area contributed by atoms with Crippen molar-refractivity contribution in [1.29, 1.82) is 0 Å². The molecule has 0 spiro atoms. The van der Waals surface area contributed by atoms with E-state index in [1.54, 1.807) is 0 Å². The van der Waals surface area contributed by atoms with E-state index < -0.39 is 0 Å². The number of nitrogens with zero attached hydrogens (tertiary/aromatic N) is 1. The maximum atomic E-state index is 3.85. The quantitative estimate of drug-likeness (QED) is 0.861. The van der Waals surface area contributed by atoms with E-state index in [-0.39, 0.29) is 0 Å². The van der Waals surface area contributed by atoms with Gasteiger partial charge in [0.05, 0.1) is 11.4 Å². The molecule has 1 aromatic rings. The molecular formula is C18H30N2. The lowest BCUT2D eigenvalue weighted by Crippen LogP contribution is -2.38. The van der Waals surface area contributed by atoms with Gasteiger partial charge in [-0.2, -0.15) is 0 Å². The second-order valence-corrected chi connectivity index (χ2v) is 6.99. The summed E-state index contributed by atoms with van der Waals surface area (Å²) in [6.45, 7) is 7.13. The Morgan fingerprint density at radius 2 is 1.85 bits per heavy atom. The molecule has 0 saturated heterocycles. The van der Waals surface area contributed by atoms with E-state index in [1.165, 1.54) is 30.6 Å². The van der Waals surface area contributed by atoms with Gasteiger partial charge >= 0.3 is 0 Å². The van der Waals surface area contributed by atoms with Crippen molar-refractivity contribution in [2.75, 3.05) is 24.3 Å². The normalized spacial score (nSPS) is 26.6. The molecule has 1 aromatic carbocycles. The molecule has 2 rings (SSSR count). The molecule has 0 amide bonds. The molecule has 3 atom stereocenters. The molecule has 1 saturated carbocycles. The average Bonchev–Trinajstić information content (AvgIpc) is 2.38. The summed E-state index contributed by atoms with van der Waals surface area (Å²) >= 11 is 0. The van der Waals surface area contributed by atoms with Gasteiger partial charge in [0, 0.05) is 20.1 Å². The fraction of sp³-hybridized carbons (Fsp3) is 0.667. The summed E-state index contributed by atoms with van der Waals surface area (Å²) in [5.41, 5.74) is 2.57. The van der Waals surface area contributed by atoms with E-state index >= 15 is 0 Å². The van der Waals surface area contributed by atoms with E-state index in [0.29, 0.717) is 6.04 Å². The molecule has 2 heteroatoms. The lowest BCUT2D eigenvalue weighted by Gasteiger charge is -2.39. The molecule has 1 fully saturated rings. The maximum Gasteiger partial charge on any atom is 0.0596 e. The molecule has 0 bridgehead atoms. The van der Waals surface area contributed by atoms with E-state index in [0.717, 1.165) is 17.8 Å². The van der Waals surface area contributed by atoms with Crippen LogP contribution in [-0.4, -0.2) is 20.1 Å². The van der Waals surface area contributed by atoms with Gasteiger partial charge in [-0.1, -0.05) is 39.3 Å². The zero-order valence-corrected chi connectivity index (χ0v) is 13.7. The fourth-order valence-corrected chi connectivity index (χ4v) is 3.55. The van der Waals surface area contributed by atoms with Crippen LogP contribution in [0.1, 0.15) is 40.0 Å². The minimum absolute atomic E-state index is 0.611. The largest absolute Gasteiger partial charge is 0.380 e. The number of anilines is 2. The van der Waals surface area contributed by atoms with Crippen LogP contribution in [0.3, 0.4) is 0 Å². The van der Waals surface area contributed by atoms with Gasteiger partial charge in [0.25, 0.3) is 0 Å². The predicted molar refractivity (Wildman–Crippen MR) is 89.5 cm³/mol. The minimum atomic E-state index is 0.611. The minimum Gasteiger partial charge on any atom is -0.380 e. The second-order valence-electron chi connectivity index (χ2n) is 6.99. The number of para-hydroxylation sites is 2. The number of hydrogen-bond donors (Lipinski definition) is 1. The van der Waals surface area contributed by atoms with E-state index in [1.807, 2.05) is 0 Å². The summed E-state index contributed by atoms with van der Waals surface area (Å²) < 4.78 is 0. The zero-order valence-electron chi connectivity index (χ0n) is 13.7. The topological polar surface area (TPSA) is 15.3 Å². The second kappa shape index (κ2) is 6.51. The Morgan fingerprint density at radius 3 is 2.50 bits per heavy atom. The Morgan fingerprint density at radius 1 is 1.15 bits per heavy atom. The Bertz CT molecular complexity index is 425. The molecule has 0 aliphatic heterocycles. The SMILES string of the molecule is CC1CCC(C(C)C)C(Nc2ccccc2N(C)C)C1. The number of hydrogen-bond acceptors (Lipinski definition) is 2. The Kier molecular flexibility index (Phi) is 4.95. The summed E-state index contributed by atoms with van der Waals surface area (Å²) in [5, 5.41) is 3.85. The van der Waals surface area contributed by atoms with Crippen LogP contribution in [0.2, 0.25) is 0 Å². The van der Waals surface area contributed by atoms with Gasteiger partial charge in [-0.3, -0.25) is 0 Å². The van der Waals surface area contributed by atoms with Crippen molar-refractivity contribution < 1.29 is 0 Å². The molecule has 1 N–H and O–H groups in total. The first kappa shape index (κ1) is 15.2. The molecule has 1 aliphatic carbocycles. The van der Waals surface area contributed by atoms with Crippen LogP contribution in [0.5, 0.6) is 0 Å². The van der Waals surface area contributed by atoms with Crippen molar-refractivity contribution in [3.05, 3.63) is 24.3 Å². The highest BCUT2D eigenvalue weighted by Crippen LogP contribution is 2.36. The van der Waals surface area contributed by atoms with Crippen LogP contribution >= 0.6 is 0 Å². The molecular weight excluding hydrogens is 244 g/mol. The van der Waals surface area contributed by atoms with Crippen LogP contribution in [0.4, 0.5) is 11.4 Å². The number of benzene rings is 1. The predicted octanol–water partition coefficient (Wildman–Crippen LogP) is 4.63. The van der Waals surface area contributed by atoms with Crippen molar-refractivity contribution >= 4 is 11.4 Å². The first-order chi connectivity index (χ1) is 9.49. The van der Waals surface area contributed by atoms with E-state index in [9.17, 15) is 0 Å². The lowest BCUT2D eigenvalue weighted by atomic mass is 9.74. The molecule has 0 heterocycles. The van der Waals surface area contributed by atoms with Crippen LogP contribution in [0.15, 0.2) is 24.3 Å². The smallest absolute Gasteiger partial charge is 0.0596 e. The third-order valence-corrected chi connectivity index (χ3v) is 4.75. The molecule has 1 aliphatic rings. The highest BCUT2D eigenvalue weighted by molar-refractivity contribution is 5.69. The first-order valence-electron chi connectivity index (χ1n) is 8.02. The molecule has 20 heavy (non-hydrogen) atoms. The highest BCUT2D eigenvalue weighted by atomic mass is 15.1. The molecule has 0 radical (unpaired) electrons. The van der Waals surface area contributed by atoms with Crippen molar-refractivity contribution in [2.24, 2.45) is 17.8 Å². The van der Waals surface area contributed by atoms with Crippen LogP contribution < -0.4 is 10.2 Å². The highest BCUT2D eigenvalue weighted by Gasteiger charge is 2.30. The van der Waals surface area contributed by atoms with Crippen LogP contribution in [0, 0.1) is 17.8 Å². The Balaban J connectivity index is 2.18. The Labute approximate surface area is 124 Å². The molecule has 2 nitrogen and oxygen atoms in total. The number of nitrogens with one attached hydrogen (secondary N) is 1. The summed E-state index contributed by atoms with van der Waals surface area (Å²) in [6, 6.07) is 9.26. The van der Waals surface area contributed by atoms with Crippen molar-refractivity contribution in [2.45, 2.75) is 46.1 Å². The third-order valence-electron chi connectivity index (χ3n) is 4.75. The van der Waals surface area contributed by atoms with Crippen LogP contribution in [0.25, 0.3) is 0 Å². The first-order valence-corrected chi connectivity index (χ1v) is 8.02. The van der Waals surface area contributed by atoms with E-state index in [2.05, 4.69) is 69.3 Å². The summed E-state index contributed by atoms with van der Waals surface area (Å²) in [4.78, 5) is 2.19. The van der Waals surface area contributed by atoms with Crippen LogP contribution in [-0.2, 0) is 0 Å². The van der Waals surface area contributed by atoms with E-state index in [4.69, 9.17) is 0 Å². The van der Waals surface area contributed by atoms with Gasteiger partial charge < -0.3 is 10.2 Å². The molecule has 112 valence electrons. The molecule has 3 unspecified atom stereocenters. The van der Waals surface area contributed by atoms with Gasteiger partial charge in [0.15, 0.2) is 0 Å². The van der Waals surface area contributed by atoms with Gasteiger partial charge in [-0.15, -0.1) is 0 Å². The monoisotopic (exact) mass is 274 g/mol. The third kappa shape index (κ3) is 3.47. The summed E-state index contributed by atoms with van der Waals surface area (Å²) in [6.07, 6.45) is 4.04. The van der Waals surface area contributed by atoms with Gasteiger partial charge in [0.1, 0.15) is 0 Å². The fourth-order valence-electron chi connectivity index (χ4n) is 3.55. The zero-order chi connectivity index (χ0) is 14.7. The average molecular weight is 274 g/mol. The summed E-state index contributed by atoms with van der Waals surface area (Å²) in [7, 11) is 4.23. The van der Waals surface area contributed by atoms with Crippen molar-refractivity contribution in [3.63, 3.8) is 0 Å². The lowest BCUT2D eigenvalue weighted by molar-refractivity contribution is 0.212. The van der Waals surface area contributed by atoms with Gasteiger partial charge in [-0.05, 0) is 42.7 Å². The van der Waals surface area contributed by atoms with Crippen molar-refractivity contribution in [3.8, 4) is 0 Å². The van der Waals surface area contributed by atoms with Gasteiger partial charge in [0.2, 0.25) is 0 Å². The maximum absolute atomic E-state index is 3.85. The number of rotatable bonds is 4. The van der Waals surface area contributed by atoms with Crippen molar-refractivity contribution in [1.82, 2.24) is 0 Å². The van der Waals surface area contributed by atoms with Gasteiger partial charge in [-0.25, -0.2) is 0 Å².